The highest BCUT2D eigenvalue weighted by Crippen LogP contribution is 2.11. The van der Waals surface area contributed by atoms with Gasteiger partial charge in [-0.15, -0.1) is 0 Å². The van der Waals surface area contributed by atoms with E-state index in [0.717, 1.165) is 6.42 Å². The molecule has 1 aromatic heterocycles. The maximum Gasteiger partial charge on any atom is 0.333 e. The quantitative estimate of drug-likeness (QED) is 0.582. The summed E-state index contributed by atoms with van der Waals surface area (Å²) in [4.78, 5) is 15.6. The van der Waals surface area contributed by atoms with Gasteiger partial charge in [-0.25, -0.2) is 4.79 Å². The van der Waals surface area contributed by atoms with Crippen LogP contribution in [0.25, 0.3) is 0 Å². The Balaban J connectivity index is 2.50. The van der Waals surface area contributed by atoms with Gasteiger partial charge in [-0.05, 0) is 13.3 Å². The van der Waals surface area contributed by atoms with Crippen molar-refractivity contribution in [2.75, 3.05) is 0 Å². The molecule has 17 heavy (non-hydrogen) atoms. The lowest BCUT2D eigenvalue weighted by atomic mass is 10.2. The van der Waals surface area contributed by atoms with E-state index in [4.69, 9.17) is 9.26 Å². The molecule has 0 spiro atoms. The minimum Gasteiger partial charge on any atom is -0.454 e. The van der Waals surface area contributed by atoms with Crippen LogP contribution in [0.4, 0.5) is 0 Å². The van der Waals surface area contributed by atoms with Gasteiger partial charge in [0.2, 0.25) is 11.7 Å². The first kappa shape index (κ1) is 13.4. The van der Waals surface area contributed by atoms with E-state index in [1.54, 1.807) is 6.92 Å². The van der Waals surface area contributed by atoms with Gasteiger partial charge in [0.1, 0.15) is 0 Å². The number of allylic oxidation sites excluding steroid dienone is 1. The molecule has 0 saturated carbocycles. The van der Waals surface area contributed by atoms with E-state index in [0.29, 0.717) is 17.3 Å². The van der Waals surface area contributed by atoms with Gasteiger partial charge in [-0.1, -0.05) is 32.0 Å². The lowest BCUT2D eigenvalue weighted by Crippen LogP contribution is -2.06. The van der Waals surface area contributed by atoms with Crippen molar-refractivity contribution in [3.8, 4) is 0 Å². The van der Waals surface area contributed by atoms with E-state index in [1.807, 2.05) is 26.8 Å². The molecule has 0 aromatic carbocycles. The number of carbonyl (C=O) groups is 1. The van der Waals surface area contributed by atoms with Crippen LogP contribution in [0.15, 0.2) is 16.2 Å². The number of aromatic nitrogens is 2. The van der Waals surface area contributed by atoms with Crippen LogP contribution >= 0.6 is 0 Å². The molecule has 0 fully saturated rings. The Kier molecular flexibility index (Phi) is 4.87. The van der Waals surface area contributed by atoms with Crippen LogP contribution in [0.1, 0.15) is 51.7 Å². The number of esters is 1. The minimum absolute atomic E-state index is 0.0456. The molecule has 5 heteroatoms. The zero-order valence-corrected chi connectivity index (χ0v) is 10.7. The van der Waals surface area contributed by atoms with Crippen LogP contribution < -0.4 is 0 Å². The summed E-state index contributed by atoms with van der Waals surface area (Å²) in [7, 11) is 0. The Morgan fingerprint density at radius 1 is 1.53 bits per heavy atom. The summed E-state index contributed by atoms with van der Waals surface area (Å²) in [6.07, 6.45) is 2.62. The fourth-order valence-electron chi connectivity index (χ4n) is 1.19. The van der Waals surface area contributed by atoms with Gasteiger partial charge in [0.15, 0.2) is 6.61 Å². The summed E-state index contributed by atoms with van der Waals surface area (Å²) in [5.74, 6) is 0.777. The Morgan fingerprint density at radius 3 is 2.76 bits per heavy atom. The number of hydrogen-bond acceptors (Lipinski definition) is 5. The first-order valence-electron chi connectivity index (χ1n) is 5.71. The molecule has 1 aromatic rings. The SMILES string of the molecule is CCC=C(C)C(=O)OCc1noc(C(C)C)n1. The van der Waals surface area contributed by atoms with Gasteiger partial charge in [-0.3, -0.25) is 0 Å². The van der Waals surface area contributed by atoms with Crippen molar-refractivity contribution in [3.63, 3.8) is 0 Å². The second kappa shape index (κ2) is 6.18. The average Bonchev–Trinajstić information content (AvgIpc) is 2.75. The molecular formula is C12H18N2O3. The third-order valence-corrected chi connectivity index (χ3v) is 2.14. The van der Waals surface area contributed by atoms with Gasteiger partial charge in [0, 0.05) is 11.5 Å². The Labute approximate surface area is 101 Å². The highest BCUT2D eigenvalue weighted by molar-refractivity contribution is 5.87. The fourth-order valence-corrected chi connectivity index (χ4v) is 1.19. The predicted molar refractivity (Wildman–Crippen MR) is 62.2 cm³/mol. The van der Waals surface area contributed by atoms with E-state index in [9.17, 15) is 4.79 Å². The molecule has 1 heterocycles. The maximum absolute atomic E-state index is 11.5. The molecule has 0 aliphatic heterocycles. The molecule has 5 nitrogen and oxygen atoms in total. The molecule has 0 atom stereocenters. The number of nitrogens with zero attached hydrogens (tertiary/aromatic N) is 2. The second-order valence-electron chi connectivity index (χ2n) is 4.08. The van der Waals surface area contributed by atoms with Crippen LogP contribution in [0, 0.1) is 0 Å². The largest absolute Gasteiger partial charge is 0.454 e. The van der Waals surface area contributed by atoms with E-state index in [-0.39, 0.29) is 18.5 Å². The topological polar surface area (TPSA) is 65.2 Å². The Hall–Kier alpha value is -1.65. The van der Waals surface area contributed by atoms with Crippen LogP contribution in [0.3, 0.4) is 0 Å². The lowest BCUT2D eigenvalue weighted by Gasteiger charge is -2.01. The fraction of sp³-hybridized carbons (Fsp3) is 0.583. The average molecular weight is 238 g/mol. The predicted octanol–water partition coefficient (Wildman–Crippen LogP) is 2.59. The molecule has 0 bridgehead atoms. The van der Waals surface area contributed by atoms with Crippen LogP contribution in [-0.4, -0.2) is 16.1 Å². The molecular weight excluding hydrogens is 220 g/mol. The Morgan fingerprint density at radius 2 is 2.24 bits per heavy atom. The molecule has 0 aliphatic rings. The molecule has 0 aliphatic carbocycles. The minimum atomic E-state index is -0.345. The third kappa shape index (κ3) is 4.01. The molecule has 0 radical (unpaired) electrons. The van der Waals surface area contributed by atoms with E-state index >= 15 is 0 Å². The van der Waals surface area contributed by atoms with E-state index in [2.05, 4.69) is 10.1 Å². The molecule has 0 N–H and O–H groups in total. The molecule has 0 unspecified atom stereocenters. The van der Waals surface area contributed by atoms with E-state index < -0.39 is 0 Å². The number of ether oxygens (including phenoxy) is 1. The summed E-state index contributed by atoms with van der Waals surface area (Å²) in [6, 6.07) is 0. The molecule has 0 amide bonds. The second-order valence-corrected chi connectivity index (χ2v) is 4.08. The smallest absolute Gasteiger partial charge is 0.333 e. The van der Waals surface area contributed by atoms with Crippen molar-refractivity contribution in [1.29, 1.82) is 0 Å². The number of rotatable bonds is 5. The normalized spacial score (nSPS) is 11.9. The summed E-state index contributed by atoms with van der Waals surface area (Å²) in [5.41, 5.74) is 0.597. The summed E-state index contributed by atoms with van der Waals surface area (Å²) >= 11 is 0. The highest BCUT2D eigenvalue weighted by atomic mass is 16.5. The summed E-state index contributed by atoms with van der Waals surface area (Å²) in [6.45, 7) is 7.64. The summed E-state index contributed by atoms with van der Waals surface area (Å²) in [5, 5.41) is 3.73. The standard InChI is InChI=1S/C12H18N2O3/c1-5-6-9(4)12(15)16-7-10-13-11(8(2)3)17-14-10/h6,8H,5,7H2,1-4H3. The first-order valence-corrected chi connectivity index (χ1v) is 5.71. The first-order chi connectivity index (χ1) is 8.04. The summed E-state index contributed by atoms with van der Waals surface area (Å²) < 4.78 is 10.0. The zero-order valence-electron chi connectivity index (χ0n) is 10.7. The number of carbonyl (C=O) groups excluding carboxylic acids is 1. The van der Waals surface area contributed by atoms with E-state index in [1.165, 1.54) is 0 Å². The molecule has 94 valence electrons. The maximum atomic E-state index is 11.5. The number of hydrogen-bond donors (Lipinski definition) is 0. The monoisotopic (exact) mass is 238 g/mol. The van der Waals surface area contributed by atoms with Crippen molar-refractivity contribution in [2.24, 2.45) is 0 Å². The van der Waals surface area contributed by atoms with Crippen molar-refractivity contribution in [3.05, 3.63) is 23.4 Å². The van der Waals surface area contributed by atoms with Crippen LogP contribution in [0.2, 0.25) is 0 Å². The lowest BCUT2D eigenvalue weighted by molar-refractivity contribution is -0.140. The van der Waals surface area contributed by atoms with Crippen molar-refractivity contribution < 1.29 is 14.1 Å². The zero-order chi connectivity index (χ0) is 12.8. The van der Waals surface area contributed by atoms with Crippen molar-refractivity contribution >= 4 is 5.97 Å². The van der Waals surface area contributed by atoms with Gasteiger partial charge in [0.25, 0.3) is 0 Å². The Bertz CT molecular complexity index is 408. The van der Waals surface area contributed by atoms with Crippen molar-refractivity contribution in [2.45, 2.75) is 46.6 Å². The molecule has 1 rings (SSSR count). The van der Waals surface area contributed by atoms with Gasteiger partial charge >= 0.3 is 5.97 Å². The van der Waals surface area contributed by atoms with Crippen LogP contribution in [-0.2, 0) is 16.1 Å². The van der Waals surface area contributed by atoms with Crippen molar-refractivity contribution in [1.82, 2.24) is 10.1 Å². The third-order valence-electron chi connectivity index (χ3n) is 2.14. The van der Waals surface area contributed by atoms with Crippen LogP contribution in [0.5, 0.6) is 0 Å². The van der Waals surface area contributed by atoms with Gasteiger partial charge in [-0.2, -0.15) is 4.98 Å². The van der Waals surface area contributed by atoms with Gasteiger partial charge in [0.05, 0.1) is 0 Å². The van der Waals surface area contributed by atoms with Gasteiger partial charge < -0.3 is 9.26 Å². The highest BCUT2D eigenvalue weighted by Gasteiger charge is 2.12. The molecule has 0 saturated heterocycles.